The van der Waals surface area contributed by atoms with E-state index in [0.29, 0.717) is 43.9 Å². The number of alkyl carbamates (subject to hydrolysis) is 1. The summed E-state index contributed by atoms with van der Waals surface area (Å²) in [5, 5.41) is 10.2. The summed E-state index contributed by atoms with van der Waals surface area (Å²) in [5.41, 5.74) is 2.14. The highest BCUT2D eigenvalue weighted by Crippen LogP contribution is 2.22. The molecule has 2 aromatic heterocycles. The largest absolute Gasteiger partial charge is 0.445 e. The number of nitrogens with zero attached hydrogens (tertiary/aromatic N) is 3. The topological polar surface area (TPSA) is 139 Å². The summed E-state index contributed by atoms with van der Waals surface area (Å²) in [4.78, 5) is 50.8. The zero-order valence-electron chi connectivity index (χ0n) is 28.9. The van der Waals surface area contributed by atoms with Crippen LogP contribution in [0.1, 0.15) is 73.2 Å². The Hall–Kier alpha value is -4.71. The molecule has 2 aromatic carbocycles. The van der Waals surface area contributed by atoms with Crippen LogP contribution >= 0.6 is 11.3 Å². The van der Waals surface area contributed by atoms with E-state index in [2.05, 4.69) is 39.8 Å². The normalized spacial score (nSPS) is 13.0. The van der Waals surface area contributed by atoms with Crippen LogP contribution in [-0.4, -0.2) is 58.1 Å². The Balaban J connectivity index is 1.43. The fourth-order valence-corrected chi connectivity index (χ4v) is 6.32. The van der Waals surface area contributed by atoms with Gasteiger partial charge in [0.25, 0.3) is 0 Å². The lowest BCUT2D eigenvalue weighted by Gasteiger charge is -2.28. The Morgan fingerprint density at radius 3 is 2.00 bits per heavy atom. The Bertz CT molecular complexity index is 1580. The van der Waals surface area contributed by atoms with Crippen LogP contribution in [0.4, 0.5) is 9.59 Å². The van der Waals surface area contributed by atoms with Crippen LogP contribution in [0.3, 0.4) is 0 Å². The van der Waals surface area contributed by atoms with Gasteiger partial charge in [0.2, 0.25) is 5.91 Å². The average Bonchev–Trinajstić information content (AvgIpc) is 3.78. The minimum Gasteiger partial charge on any atom is -0.445 e. The maximum atomic E-state index is 13.8. The number of carbonyl (C=O) groups excluding carboxylic acids is 3. The van der Waals surface area contributed by atoms with Gasteiger partial charge in [-0.05, 0) is 42.7 Å². The number of carbonyl (C=O) groups is 3. The molecule has 4 aromatic rings. The van der Waals surface area contributed by atoms with E-state index >= 15 is 0 Å². The van der Waals surface area contributed by atoms with E-state index in [-0.39, 0.29) is 36.5 Å². The molecule has 3 atom stereocenters. The fourth-order valence-electron chi connectivity index (χ4n) is 5.35. The Morgan fingerprint density at radius 2 is 1.47 bits per heavy atom. The van der Waals surface area contributed by atoms with Gasteiger partial charge in [-0.25, -0.2) is 19.6 Å². The van der Waals surface area contributed by atoms with Crippen molar-refractivity contribution in [3.8, 4) is 0 Å². The van der Waals surface area contributed by atoms with Crippen LogP contribution in [0, 0.1) is 5.92 Å². The lowest BCUT2D eigenvalue weighted by Crippen LogP contribution is -2.54. The lowest BCUT2D eigenvalue weighted by atomic mass is 9.95. The first-order valence-electron chi connectivity index (χ1n) is 16.7. The van der Waals surface area contributed by atoms with E-state index in [0.717, 1.165) is 21.0 Å². The number of amides is 4. The highest BCUT2D eigenvalue weighted by molar-refractivity contribution is 7.11. The van der Waals surface area contributed by atoms with Crippen LogP contribution in [0.5, 0.6) is 0 Å². The molecule has 0 aliphatic heterocycles. The molecule has 2 heterocycles. The lowest BCUT2D eigenvalue weighted by molar-refractivity contribution is -0.124. The van der Waals surface area contributed by atoms with Crippen LogP contribution in [0.25, 0.3) is 0 Å². The van der Waals surface area contributed by atoms with Crippen LogP contribution in [0.15, 0.2) is 83.9 Å². The number of hydrogen-bond donors (Lipinski definition) is 3. The van der Waals surface area contributed by atoms with Crippen molar-refractivity contribution in [1.29, 1.82) is 0 Å². The van der Waals surface area contributed by atoms with Crippen LogP contribution < -0.4 is 16.0 Å². The van der Waals surface area contributed by atoms with Crippen molar-refractivity contribution in [2.45, 2.75) is 90.6 Å². The second kappa shape index (κ2) is 18.7. The van der Waals surface area contributed by atoms with Crippen molar-refractivity contribution in [3.05, 3.63) is 106 Å². The Kier molecular flexibility index (Phi) is 14.2. The second-order valence-corrected chi connectivity index (χ2v) is 14.0. The summed E-state index contributed by atoms with van der Waals surface area (Å²) < 4.78 is 10.6. The molecular weight excluding hydrogens is 641 g/mol. The predicted octanol–water partition coefficient (Wildman–Crippen LogP) is 6.47. The van der Waals surface area contributed by atoms with E-state index in [1.165, 1.54) is 12.6 Å². The summed E-state index contributed by atoms with van der Waals surface area (Å²) in [6, 6.07) is 18.3. The van der Waals surface area contributed by atoms with Crippen molar-refractivity contribution >= 4 is 29.4 Å². The van der Waals surface area contributed by atoms with Gasteiger partial charge in [-0.15, -0.1) is 11.3 Å². The van der Waals surface area contributed by atoms with Crippen molar-refractivity contribution in [1.82, 2.24) is 30.8 Å². The maximum absolute atomic E-state index is 13.8. The average molecular weight is 689 g/mol. The monoisotopic (exact) mass is 688 g/mol. The molecule has 0 spiro atoms. The smallest absolute Gasteiger partial charge is 0.407 e. The number of ether oxygens (including phenoxy) is 1. The molecule has 0 aliphatic rings. The number of rotatable bonds is 17. The highest BCUT2D eigenvalue weighted by Gasteiger charge is 2.28. The third kappa shape index (κ3) is 12.4. The molecule has 0 saturated carbocycles. The molecule has 0 fully saturated rings. The Morgan fingerprint density at radius 1 is 0.857 bits per heavy atom. The second-order valence-electron chi connectivity index (χ2n) is 12.9. The number of oxazole rings is 1. The molecule has 49 heavy (non-hydrogen) atoms. The molecule has 12 heteroatoms. The molecule has 4 amide bonds. The zero-order valence-corrected chi connectivity index (χ0v) is 29.7. The van der Waals surface area contributed by atoms with Gasteiger partial charge in [-0.1, -0.05) is 88.4 Å². The predicted molar refractivity (Wildman–Crippen MR) is 190 cm³/mol. The summed E-state index contributed by atoms with van der Waals surface area (Å²) >= 11 is 1.59. The molecule has 0 radical (unpaired) electrons. The molecular formula is C37H48N6O5S. The number of aromatic nitrogens is 2. The van der Waals surface area contributed by atoms with Crippen molar-refractivity contribution in [2.75, 3.05) is 7.05 Å². The van der Waals surface area contributed by atoms with Gasteiger partial charge in [0.15, 0.2) is 18.8 Å². The summed E-state index contributed by atoms with van der Waals surface area (Å²) in [6.07, 6.45) is 6.34. The van der Waals surface area contributed by atoms with Gasteiger partial charge >= 0.3 is 12.1 Å². The molecule has 3 N–H and O–H groups in total. The third-order valence-corrected chi connectivity index (χ3v) is 9.33. The summed E-state index contributed by atoms with van der Waals surface area (Å²) in [5.74, 6) is 0.357. The highest BCUT2D eigenvalue weighted by atomic mass is 32.1. The molecule has 0 aliphatic carbocycles. The fraction of sp³-hybridized carbons (Fsp3) is 0.432. The SMILES string of the molecule is CC(C)c1ncc(CN(C)C(=O)N[C@H](C(=O)N[C@H](CC[C@H](Cc2ccccc2)NC(=O)OCc2cnco2)Cc2ccccc2)C(C)C)s1. The molecule has 0 bridgehead atoms. The van der Waals surface area contributed by atoms with Crippen LogP contribution in [-0.2, 0) is 35.5 Å². The van der Waals surface area contributed by atoms with Crippen molar-refractivity contribution < 1.29 is 23.5 Å². The van der Waals surface area contributed by atoms with E-state index in [9.17, 15) is 14.4 Å². The first kappa shape index (κ1) is 37.1. The maximum Gasteiger partial charge on any atom is 0.407 e. The summed E-state index contributed by atoms with van der Waals surface area (Å²) in [6.45, 7) is 8.38. The van der Waals surface area contributed by atoms with Gasteiger partial charge < -0.3 is 30.0 Å². The van der Waals surface area contributed by atoms with Crippen LogP contribution in [0.2, 0.25) is 0 Å². The molecule has 0 unspecified atom stereocenters. The number of nitrogens with one attached hydrogen (secondary N) is 3. The van der Waals surface area contributed by atoms with E-state index in [1.807, 2.05) is 74.5 Å². The zero-order chi connectivity index (χ0) is 35.2. The van der Waals surface area contributed by atoms with Gasteiger partial charge in [0, 0.05) is 36.1 Å². The number of thiazole rings is 1. The van der Waals surface area contributed by atoms with E-state index in [1.54, 1.807) is 29.5 Å². The van der Waals surface area contributed by atoms with Crippen molar-refractivity contribution in [3.63, 3.8) is 0 Å². The Labute approximate surface area is 292 Å². The molecule has 262 valence electrons. The number of urea groups is 1. The van der Waals surface area contributed by atoms with Gasteiger partial charge in [-0.2, -0.15) is 0 Å². The first-order valence-corrected chi connectivity index (χ1v) is 17.5. The quantitative estimate of drug-likeness (QED) is 0.116. The van der Waals surface area contributed by atoms with Gasteiger partial charge in [0.05, 0.1) is 17.7 Å². The van der Waals surface area contributed by atoms with Gasteiger partial charge in [0.1, 0.15) is 6.04 Å². The molecule has 11 nitrogen and oxygen atoms in total. The van der Waals surface area contributed by atoms with Crippen molar-refractivity contribution in [2.24, 2.45) is 5.92 Å². The molecule has 4 rings (SSSR count). The standard InChI is InChI=1S/C37H48N6O5S/c1-25(2)33(42-36(45)43(5)22-32-21-39-35(49-32)26(3)4)34(44)40-29(18-27-12-8-6-9-13-27)16-17-30(19-28-14-10-7-11-15-28)41-37(46)47-23-31-20-38-24-48-31/h6-15,20-21,24-26,29-30,33H,16-19,22-23H2,1-5H3,(H,40,44)(H,41,46)(H,42,45)/t29-,30-,33+/m1/s1. The number of hydrogen-bond acceptors (Lipinski definition) is 8. The van der Waals surface area contributed by atoms with Gasteiger partial charge in [-0.3, -0.25) is 4.79 Å². The van der Waals surface area contributed by atoms with E-state index in [4.69, 9.17) is 9.15 Å². The molecule has 0 saturated heterocycles. The minimum absolute atomic E-state index is 0.0305. The number of benzene rings is 2. The third-order valence-electron chi connectivity index (χ3n) is 8.04. The summed E-state index contributed by atoms with van der Waals surface area (Å²) in [7, 11) is 1.72. The first-order chi connectivity index (χ1) is 23.6. The van der Waals surface area contributed by atoms with E-state index < -0.39 is 12.1 Å². The minimum atomic E-state index is -0.745.